The van der Waals surface area contributed by atoms with Crippen molar-refractivity contribution >= 4 is 29.3 Å². The molecule has 2 aliphatic heterocycles. The molecule has 4 rings (SSSR count). The molecule has 0 aliphatic carbocycles. The van der Waals surface area contributed by atoms with E-state index < -0.39 is 0 Å². The maximum absolute atomic E-state index is 10.1. The molecule has 30 heavy (non-hydrogen) atoms. The fourth-order valence-corrected chi connectivity index (χ4v) is 5.82. The lowest BCUT2D eigenvalue weighted by atomic mass is 9.92. The van der Waals surface area contributed by atoms with E-state index in [1.54, 1.807) is 18.9 Å². The Morgan fingerprint density at radius 2 is 1.97 bits per heavy atom. The molecule has 5 nitrogen and oxygen atoms in total. The number of aromatic nitrogens is 1. The van der Waals surface area contributed by atoms with Gasteiger partial charge >= 0.3 is 0 Å². The monoisotopic (exact) mass is 441 g/mol. The van der Waals surface area contributed by atoms with E-state index in [0.29, 0.717) is 5.75 Å². The molecule has 0 spiro atoms. The van der Waals surface area contributed by atoms with Crippen molar-refractivity contribution in [3.05, 3.63) is 46.6 Å². The molecule has 0 atom stereocenters. The molecule has 0 unspecified atom stereocenters. The van der Waals surface area contributed by atoms with Gasteiger partial charge in [0.1, 0.15) is 17.6 Å². The van der Waals surface area contributed by atoms with E-state index in [1.807, 2.05) is 23.9 Å². The summed E-state index contributed by atoms with van der Waals surface area (Å²) in [6.45, 7) is 7.69. The fourth-order valence-electron chi connectivity index (χ4n) is 3.90. The van der Waals surface area contributed by atoms with Gasteiger partial charge in [0, 0.05) is 39.8 Å². The van der Waals surface area contributed by atoms with Crippen LogP contribution in [0.3, 0.4) is 0 Å². The highest BCUT2D eigenvalue weighted by atomic mass is 32.2. The van der Waals surface area contributed by atoms with Crippen molar-refractivity contribution in [2.75, 3.05) is 38.3 Å². The number of fused-ring (bicyclic) bond motifs is 1. The van der Waals surface area contributed by atoms with Crippen LogP contribution in [0.15, 0.2) is 29.2 Å². The summed E-state index contributed by atoms with van der Waals surface area (Å²) in [5.41, 5.74) is 4.11. The first-order chi connectivity index (χ1) is 14.5. The topological polar surface area (TPSA) is 58.4 Å². The summed E-state index contributed by atoms with van der Waals surface area (Å²) in [6.07, 6.45) is 0.899. The molecule has 0 bridgehead atoms. The van der Waals surface area contributed by atoms with Gasteiger partial charge in [-0.2, -0.15) is 17.0 Å². The van der Waals surface area contributed by atoms with Gasteiger partial charge in [-0.15, -0.1) is 11.8 Å². The standard InChI is InChI=1S/C23H27N3O2S2/c1-23(2)12-18-19(13-24)21(15-29-17-6-4-16(27-3)5-7-17)25-22(20(18)14-30-23)26-8-10-28-11-9-26/h4-7H,8-12,14-15H2,1-3H3. The quantitative estimate of drug-likeness (QED) is 0.626. The molecule has 2 aromatic rings. The highest BCUT2D eigenvalue weighted by Crippen LogP contribution is 2.43. The van der Waals surface area contributed by atoms with Gasteiger partial charge in [0.25, 0.3) is 0 Å². The van der Waals surface area contributed by atoms with Crippen LogP contribution in [-0.4, -0.2) is 43.1 Å². The molecule has 1 saturated heterocycles. The highest BCUT2D eigenvalue weighted by molar-refractivity contribution is 8.00. The predicted octanol–water partition coefficient (Wildman–Crippen LogP) is 4.66. The number of methoxy groups -OCH3 is 1. The molecule has 0 radical (unpaired) electrons. The Kier molecular flexibility index (Phi) is 6.47. The van der Waals surface area contributed by atoms with E-state index in [4.69, 9.17) is 14.5 Å². The lowest BCUT2D eigenvalue weighted by Gasteiger charge is -2.36. The first kappa shape index (κ1) is 21.4. The lowest BCUT2D eigenvalue weighted by molar-refractivity contribution is 0.122. The van der Waals surface area contributed by atoms with Crippen LogP contribution in [0.25, 0.3) is 0 Å². The molecule has 0 N–H and O–H groups in total. The van der Waals surface area contributed by atoms with E-state index in [-0.39, 0.29) is 4.75 Å². The zero-order valence-corrected chi connectivity index (χ0v) is 19.4. The van der Waals surface area contributed by atoms with Gasteiger partial charge in [0.15, 0.2) is 0 Å². The highest BCUT2D eigenvalue weighted by Gasteiger charge is 2.33. The third kappa shape index (κ3) is 4.56. The zero-order chi connectivity index (χ0) is 21.1. The van der Waals surface area contributed by atoms with Gasteiger partial charge in [-0.1, -0.05) is 13.8 Å². The van der Waals surface area contributed by atoms with E-state index in [1.165, 1.54) is 11.1 Å². The number of nitrogens with zero attached hydrogens (tertiary/aromatic N) is 3. The summed E-state index contributed by atoms with van der Waals surface area (Å²) in [5, 5.41) is 10.1. The Balaban J connectivity index is 1.70. The molecule has 1 aromatic carbocycles. The number of nitriles is 1. The van der Waals surface area contributed by atoms with E-state index >= 15 is 0 Å². The van der Waals surface area contributed by atoms with Gasteiger partial charge in [-0.05, 0) is 36.2 Å². The average Bonchev–Trinajstić information content (AvgIpc) is 2.77. The fraction of sp³-hybridized carbons (Fsp3) is 0.478. The second-order valence-electron chi connectivity index (χ2n) is 8.11. The number of morpholine rings is 1. The maximum atomic E-state index is 10.1. The summed E-state index contributed by atoms with van der Waals surface area (Å²) in [5.74, 6) is 3.48. The number of rotatable bonds is 5. The minimum absolute atomic E-state index is 0.128. The number of anilines is 1. The van der Waals surface area contributed by atoms with Crippen LogP contribution in [0, 0.1) is 11.3 Å². The summed E-state index contributed by atoms with van der Waals surface area (Å²) < 4.78 is 10.9. The Morgan fingerprint density at radius 1 is 1.23 bits per heavy atom. The van der Waals surface area contributed by atoms with Gasteiger partial charge in [0.2, 0.25) is 0 Å². The number of hydrogen-bond donors (Lipinski definition) is 0. The summed E-state index contributed by atoms with van der Waals surface area (Å²) in [4.78, 5) is 8.54. The molecule has 0 saturated carbocycles. The van der Waals surface area contributed by atoms with Crippen LogP contribution in [0.2, 0.25) is 0 Å². The molecule has 7 heteroatoms. The van der Waals surface area contributed by atoms with Gasteiger partial charge in [-0.3, -0.25) is 0 Å². The number of ether oxygens (including phenoxy) is 2. The first-order valence-corrected chi connectivity index (χ1v) is 12.2. The molecule has 1 fully saturated rings. The van der Waals surface area contributed by atoms with Crippen molar-refractivity contribution in [1.29, 1.82) is 5.26 Å². The minimum atomic E-state index is 0.128. The van der Waals surface area contributed by atoms with Crippen LogP contribution in [0.5, 0.6) is 5.75 Å². The molecular formula is C23H27N3O2S2. The molecule has 3 heterocycles. The van der Waals surface area contributed by atoms with Gasteiger partial charge < -0.3 is 14.4 Å². The van der Waals surface area contributed by atoms with Crippen LogP contribution in [-0.2, 0) is 22.7 Å². The van der Waals surface area contributed by atoms with Crippen LogP contribution < -0.4 is 9.64 Å². The Bertz CT molecular complexity index is 948. The largest absolute Gasteiger partial charge is 0.497 e. The van der Waals surface area contributed by atoms with Gasteiger partial charge in [-0.25, -0.2) is 4.98 Å². The molecule has 1 aromatic heterocycles. The van der Waals surface area contributed by atoms with Crippen LogP contribution in [0.4, 0.5) is 5.82 Å². The number of hydrogen-bond acceptors (Lipinski definition) is 7. The summed E-state index contributed by atoms with van der Waals surface area (Å²) in [6, 6.07) is 10.5. The van der Waals surface area contributed by atoms with Crippen molar-refractivity contribution in [1.82, 2.24) is 4.98 Å². The summed E-state index contributed by atoms with van der Waals surface area (Å²) in [7, 11) is 1.67. The smallest absolute Gasteiger partial charge is 0.133 e. The van der Waals surface area contributed by atoms with E-state index in [0.717, 1.165) is 66.2 Å². The number of pyridine rings is 1. The molecule has 2 aliphatic rings. The first-order valence-electron chi connectivity index (χ1n) is 10.2. The second kappa shape index (κ2) is 9.09. The molecular weight excluding hydrogens is 414 g/mol. The molecule has 158 valence electrons. The van der Waals surface area contributed by atoms with Crippen molar-refractivity contribution in [3.63, 3.8) is 0 Å². The maximum Gasteiger partial charge on any atom is 0.133 e. The Labute approximate surface area is 187 Å². The lowest BCUT2D eigenvalue weighted by Crippen LogP contribution is -2.38. The molecule has 0 amide bonds. The Morgan fingerprint density at radius 3 is 2.63 bits per heavy atom. The Hall–Kier alpha value is -1.88. The zero-order valence-electron chi connectivity index (χ0n) is 17.7. The predicted molar refractivity (Wildman–Crippen MR) is 124 cm³/mol. The van der Waals surface area contributed by atoms with Crippen LogP contribution >= 0.6 is 23.5 Å². The average molecular weight is 442 g/mol. The van der Waals surface area contributed by atoms with E-state index in [2.05, 4.69) is 36.9 Å². The van der Waals surface area contributed by atoms with Crippen molar-refractivity contribution in [3.8, 4) is 11.8 Å². The van der Waals surface area contributed by atoms with E-state index in [9.17, 15) is 5.26 Å². The number of thioether (sulfide) groups is 2. The third-order valence-electron chi connectivity index (χ3n) is 5.53. The third-order valence-corrected chi connectivity index (χ3v) is 7.91. The number of benzene rings is 1. The summed E-state index contributed by atoms with van der Waals surface area (Å²) >= 11 is 3.67. The van der Waals surface area contributed by atoms with Crippen molar-refractivity contribution in [2.45, 2.75) is 41.4 Å². The van der Waals surface area contributed by atoms with Crippen molar-refractivity contribution < 1.29 is 9.47 Å². The van der Waals surface area contributed by atoms with Crippen LogP contribution in [0.1, 0.15) is 36.2 Å². The second-order valence-corrected chi connectivity index (χ2v) is 10.8. The normalized spacial score (nSPS) is 17.9. The SMILES string of the molecule is COc1ccc(SCc2nc(N3CCOCC3)c3c(c2C#N)CC(C)(C)SC3)cc1. The van der Waals surface area contributed by atoms with Crippen molar-refractivity contribution in [2.24, 2.45) is 0 Å². The minimum Gasteiger partial charge on any atom is -0.497 e. The van der Waals surface area contributed by atoms with Gasteiger partial charge in [0.05, 0.1) is 31.6 Å².